The molecule has 3 nitrogen and oxygen atoms in total. The van der Waals surface area contributed by atoms with E-state index in [1.807, 2.05) is 13.8 Å². The highest BCUT2D eigenvalue weighted by Gasteiger charge is 2.09. The van der Waals surface area contributed by atoms with Gasteiger partial charge in [0.15, 0.2) is 0 Å². The van der Waals surface area contributed by atoms with Crippen LogP contribution < -0.4 is 4.72 Å². The maximum atomic E-state index is 11.0. The van der Waals surface area contributed by atoms with Gasteiger partial charge in [0.05, 0.1) is 5.75 Å². The summed E-state index contributed by atoms with van der Waals surface area (Å²) in [5, 5.41) is 0. The maximum Gasteiger partial charge on any atom is 0.211 e. The Morgan fingerprint density at radius 2 is 1.91 bits per heavy atom. The van der Waals surface area contributed by atoms with Crippen molar-refractivity contribution in [3.8, 4) is 0 Å². The number of nitrogens with one attached hydrogen (secondary N) is 1. The number of hydrogen-bond acceptors (Lipinski definition) is 2. The molecule has 0 aromatic rings. The Morgan fingerprint density at radius 3 is 2.27 bits per heavy atom. The van der Waals surface area contributed by atoms with Crippen molar-refractivity contribution < 1.29 is 8.42 Å². The van der Waals surface area contributed by atoms with Crippen molar-refractivity contribution in [1.82, 2.24) is 4.72 Å². The van der Waals surface area contributed by atoms with Gasteiger partial charge in [-0.05, 0) is 20.3 Å². The predicted octanol–water partition coefficient (Wildman–Crippen LogP) is 1.11. The van der Waals surface area contributed by atoms with Crippen LogP contribution in [-0.4, -0.2) is 20.2 Å². The molecule has 0 aliphatic rings. The fourth-order valence-electron chi connectivity index (χ4n) is 0.882. The number of sulfonamides is 1. The Labute approximate surface area is 69.2 Å². The molecule has 0 spiro atoms. The lowest BCUT2D eigenvalue weighted by Crippen LogP contribution is -2.33. The third-order valence-electron chi connectivity index (χ3n) is 1.48. The minimum atomic E-state index is -2.99. The molecule has 1 atom stereocenters. The largest absolute Gasteiger partial charge is 0.212 e. The van der Waals surface area contributed by atoms with E-state index in [0.29, 0.717) is 0 Å². The van der Waals surface area contributed by atoms with Crippen molar-refractivity contribution in [3.05, 3.63) is 0 Å². The molecule has 0 rings (SSSR count). The highest BCUT2D eigenvalue weighted by molar-refractivity contribution is 7.89. The molecule has 0 bridgehead atoms. The Bertz CT molecular complexity index is 187. The average molecular weight is 179 g/mol. The molecule has 0 heterocycles. The fourth-order valence-corrected chi connectivity index (χ4v) is 1.78. The summed E-state index contributed by atoms with van der Waals surface area (Å²) in [6.45, 7) is 5.56. The summed E-state index contributed by atoms with van der Waals surface area (Å²) < 4.78 is 24.5. The van der Waals surface area contributed by atoms with Gasteiger partial charge in [-0.15, -0.1) is 0 Å². The van der Waals surface area contributed by atoms with E-state index in [4.69, 9.17) is 0 Å². The Kier molecular flexibility index (Phi) is 4.68. The standard InChI is InChI=1S/C7H17NO2S/c1-4-6-7(3)8-11(9,10)5-2/h7-8H,4-6H2,1-3H3. The van der Waals surface area contributed by atoms with Crippen LogP contribution in [0.2, 0.25) is 0 Å². The van der Waals surface area contributed by atoms with Crippen molar-refractivity contribution in [1.29, 1.82) is 0 Å². The summed E-state index contributed by atoms with van der Waals surface area (Å²) >= 11 is 0. The highest BCUT2D eigenvalue weighted by atomic mass is 32.2. The maximum absolute atomic E-state index is 11.0. The molecule has 0 aromatic heterocycles. The van der Waals surface area contributed by atoms with Gasteiger partial charge in [-0.25, -0.2) is 13.1 Å². The van der Waals surface area contributed by atoms with E-state index in [9.17, 15) is 8.42 Å². The van der Waals surface area contributed by atoms with Gasteiger partial charge in [-0.1, -0.05) is 13.3 Å². The van der Waals surface area contributed by atoms with E-state index in [0.717, 1.165) is 12.8 Å². The van der Waals surface area contributed by atoms with Crippen LogP contribution in [0.5, 0.6) is 0 Å². The second kappa shape index (κ2) is 4.72. The normalized spacial score (nSPS) is 14.8. The van der Waals surface area contributed by atoms with Crippen LogP contribution in [0.25, 0.3) is 0 Å². The first-order valence-corrected chi connectivity index (χ1v) is 5.67. The molecule has 4 heteroatoms. The van der Waals surface area contributed by atoms with E-state index in [1.54, 1.807) is 6.92 Å². The highest BCUT2D eigenvalue weighted by Crippen LogP contribution is 1.97. The summed E-state index contributed by atoms with van der Waals surface area (Å²) in [4.78, 5) is 0. The quantitative estimate of drug-likeness (QED) is 0.687. The molecule has 0 radical (unpaired) electrons. The van der Waals surface area contributed by atoms with E-state index in [2.05, 4.69) is 4.72 Å². The lowest BCUT2D eigenvalue weighted by Gasteiger charge is -2.11. The molecule has 11 heavy (non-hydrogen) atoms. The second-order valence-electron chi connectivity index (χ2n) is 2.71. The van der Waals surface area contributed by atoms with Crippen LogP contribution in [0.4, 0.5) is 0 Å². The topological polar surface area (TPSA) is 46.2 Å². The third-order valence-corrected chi connectivity index (χ3v) is 3.00. The smallest absolute Gasteiger partial charge is 0.211 e. The predicted molar refractivity (Wildman–Crippen MR) is 47.0 cm³/mol. The van der Waals surface area contributed by atoms with Crippen molar-refractivity contribution >= 4 is 10.0 Å². The van der Waals surface area contributed by atoms with Gasteiger partial charge in [-0.3, -0.25) is 0 Å². The van der Waals surface area contributed by atoms with Crippen molar-refractivity contribution in [2.75, 3.05) is 5.75 Å². The van der Waals surface area contributed by atoms with Crippen molar-refractivity contribution in [3.63, 3.8) is 0 Å². The van der Waals surface area contributed by atoms with Crippen LogP contribution in [0, 0.1) is 0 Å². The Hall–Kier alpha value is -0.0900. The number of hydrogen-bond donors (Lipinski definition) is 1. The molecule has 0 aliphatic carbocycles. The first kappa shape index (κ1) is 10.9. The molecule has 0 aromatic carbocycles. The molecular formula is C7H17NO2S. The van der Waals surface area contributed by atoms with Crippen molar-refractivity contribution in [2.45, 2.75) is 39.7 Å². The summed E-state index contributed by atoms with van der Waals surface area (Å²) in [6.07, 6.45) is 1.91. The fraction of sp³-hybridized carbons (Fsp3) is 1.00. The van der Waals surface area contributed by atoms with E-state index in [-0.39, 0.29) is 11.8 Å². The van der Waals surface area contributed by atoms with Gasteiger partial charge in [-0.2, -0.15) is 0 Å². The van der Waals surface area contributed by atoms with E-state index < -0.39 is 10.0 Å². The van der Waals surface area contributed by atoms with Crippen LogP contribution in [-0.2, 0) is 10.0 Å². The zero-order chi connectivity index (χ0) is 8.91. The summed E-state index contributed by atoms with van der Waals surface area (Å²) in [6, 6.07) is 0.0740. The lowest BCUT2D eigenvalue weighted by molar-refractivity contribution is 0.545. The SMILES string of the molecule is CCCC(C)NS(=O)(=O)CC. The van der Waals surface area contributed by atoms with Crippen LogP contribution >= 0.6 is 0 Å². The first-order chi connectivity index (χ1) is 5.02. The van der Waals surface area contributed by atoms with Crippen molar-refractivity contribution in [2.24, 2.45) is 0 Å². The van der Waals surface area contributed by atoms with Gasteiger partial charge in [0.2, 0.25) is 10.0 Å². The summed E-state index contributed by atoms with van der Waals surface area (Å²) in [7, 11) is -2.99. The third kappa shape index (κ3) is 5.21. The summed E-state index contributed by atoms with van der Waals surface area (Å²) in [5.74, 6) is 0.168. The van der Waals surface area contributed by atoms with Gasteiger partial charge in [0.25, 0.3) is 0 Å². The lowest BCUT2D eigenvalue weighted by atomic mass is 10.2. The number of rotatable bonds is 5. The van der Waals surface area contributed by atoms with E-state index >= 15 is 0 Å². The van der Waals surface area contributed by atoms with Crippen LogP contribution in [0.15, 0.2) is 0 Å². The minimum Gasteiger partial charge on any atom is -0.212 e. The zero-order valence-electron chi connectivity index (χ0n) is 7.42. The molecule has 0 saturated carbocycles. The second-order valence-corrected chi connectivity index (χ2v) is 4.75. The molecule has 1 unspecified atom stereocenters. The van der Waals surface area contributed by atoms with Crippen LogP contribution in [0.1, 0.15) is 33.6 Å². The van der Waals surface area contributed by atoms with Crippen LogP contribution in [0.3, 0.4) is 0 Å². The summed E-state index contributed by atoms with van der Waals surface area (Å²) in [5.41, 5.74) is 0. The minimum absolute atomic E-state index is 0.0740. The average Bonchev–Trinajstić information content (AvgIpc) is 1.87. The molecule has 0 aliphatic heterocycles. The molecule has 0 fully saturated rings. The molecule has 0 amide bonds. The first-order valence-electron chi connectivity index (χ1n) is 4.01. The Morgan fingerprint density at radius 1 is 1.36 bits per heavy atom. The van der Waals surface area contributed by atoms with Gasteiger partial charge >= 0.3 is 0 Å². The Balaban J connectivity index is 3.84. The van der Waals surface area contributed by atoms with Gasteiger partial charge < -0.3 is 0 Å². The van der Waals surface area contributed by atoms with E-state index in [1.165, 1.54) is 0 Å². The molecular weight excluding hydrogens is 162 g/mol. The molecule has 1 N–H and O–H groups in total. The van der Waals surface area contributed by atoms with Gasteiger partial charge in [0, 0.05) is 6.04 Å². The molecule has 68 valence electrons. The molecule has 0 saturated heterocycles. The monoisotopic (exact) mass is 179 g/mol. The van der Waals surface area contributed by atoms with Gasteiger partial charge in [0.1, 0.15) is 0 Å². The zero-order valence-corrected chi connectivity index (χ0v) is 8.24.